The highest BCUT2D eigenvalue weighted by Crippen LogP contribution is 2.34. The van der Waals surface area contributed by atoms with Crippen molar-refractivity contribution in [2.45, 2.75) is 51.1 Å². The summed E-state index contributed by atoms with van der Waals surface area (Å²) in [6, 6.07) is 10.8. The zero-order chi connectivity index (χ0) is 20.8. The number of ketones is 1. The van der Waals surface area contributed by atoms with E-state index in [-0.39, 0.29) is 12.1 Å². The Morgan fingerprint density at radius 1 is 1.21 bits per heavy atom. The fourth-order valence-electron chi connectivity index (χ4n) is 4.80. The van der Waals surface area contributed by atoms with Crippen molar-refractivity contribution in [2.24, 2.45) is 5.92 Å². The number of nitrogens with one attached hydrogen (secondary N) is 1. The first-order valence-electron chi connectivity index (χ1n) is 11.0. The summed E-state index contributed by atoms with van der Waals surface area (Å²) in [5.74, 6) is 0.770. The van der Waals surface area contributed by atoms with Gasteiger partial charge in [-0.15, -0.1) is 0 Å². The number of benzene rings is 1. The summed E-state index contributed by atoms with van der Waals surface area (Å²) in [5.41, 5.74) is 1.15. The Hall–Kier alpha value is -2.08. The van der Waals surface area contributed by atoms with Crippen molar-refractivity contribution in [1.82, 2.24) is 15.1 Å². The number of rotatable bonds is 7. The first-order chi connectivity index (χ1) is 14.0. The van der Waals surface area contributed by atoms with E-state index in [0.29, 0.717) is 30.7 Å². The van der Waals surface area contributed by atoms with Crippen LogP contribution in [0.25, 0.3) is 0 Å². The van der Waals surface area contributed by atoms with Crippen molar-refractivity contribution in [1.29, 1.82) is 0 Å². The number of hydrogen-bond acceptors (Lipinski definition) is 4. The quantitative estimate of drug-likeness (QED) is 0.765. The Morgan fingerprint density at radius 2 is 1.97 bits per heavy atom. The molecule has 1 saturated heterocycles. The Labute approximate surface area is 175 Å². The van der Waals surface area contributed by atoms with Gasteiger partial charge in [-0.2, -0.15) is 0 Å². The summed E-state index contributed by atoms with van der Waals surface area (Å²) in [4.78, 5) is 31.2. The zero-order valence-electron chi connectivity index (χ0n) is 18.1. The van der Waals surface area contributed by atoms with Crippen LogP contribution in [0.1, 0.15) is 39.0 Å². The molecule has 1 aromatic rings. The van der Waals surface area contributed by atoms with Crippen molar-refractivity contribution in [2.75, 3.05) is 45.2 Å². The van der Waals surface area contributed by atoms with Gasteiger partial charge in [-0.25, -0.2) is 4.79 Å². The standard InChI is InChI=1S/C23H36N4O2/c1-4-12-27-17-19(15-18-16-21(28)10-11-22(18)27)24-23(29)26(3)14-13-25(2)20-8-6-5-7-9-20/h5-9,18-19,22H,4,10-17H2,1-3H3,(H,24,29)/t18-,19+,22-/m1/s1. The summed E-state index contributed by atoms with van der Waals surface area (Å²) in [6.45, 7) is 5.57. The van der Waals surface area contributed by atoms with Gasteiger partial charge in [0.15, 0.2) is 0 Å². The number of carbonyl (C=O) groups excluding carboxylic acids is 2. The number of amides is 2. The Morgan fingerprint density at radius 3 is 2.69 bits per heavy atom. The maximum absolute atomic E-state index is 12.8. The lowest BCUT2D eigenvalue weighted by Crippen LogP contribution is -2.58. The summed E-state index contributed by atoms with van der Waals surface area (Å²) < 4.78 is 0. The van der Waals surface area contributed by atoms with E-state index < -0.39 is 0 Å². The number of hydrogen-bond donors (Lipinski definition) is 1. The van der Waals surface area contributed by atoms with Crippen LogP contribution in [0.2, 0.25) is 0 Å². The van der Waals surface area contributed by atoms with Gasteiger partial charge in [0.05, 0.1) is 0 Å². The average Bonchev–Trinajstić information content (AvgIpc) is 2.72. The summed E-state index contributed by atoms with van der Waals surface area (Å²) in [7, 11) is 3.90. The number of piperidine rings is 1. The van der Waals surface area contributed by atoms with Gasteiger partial charge in [-0.3, -0.25) is 9.69 Å². The van der Waals surface area contributed by atoms with E-state index in [1.807, 2.05) is 32.3 Å². The van der Waals surface area contributed by atoms with Crippen LogP contribution in [-0.4, -0.2) is 74.0 Å². The number of anilines is 1. The molecule has 3 rings (SSSR count). The molecule has 2 amide bonds. The molecule has 160 valence electrons. The highest BCUT2D eigenvalue weighted by atomic mass is 16.2. The van der Waals surface area contributed by atoms with E-state index in [0.717, 1.165) is 51.0 Å². The Bertz CT molecular complexity index is 681. The van der Waals surface area contributed by atoms with E-state index in [2.05, 4.69) is 34.2 Å². The average molecular weight is 401 g/mol. The second-order valence-electron chi connectivity index (χ2n) is 8.66. The van der Waals surface area contributed by atoms with Crippen molar-refractivity contribution < 1.29 is 9.59 Å². The normalized spacial score (nSPS) is 24.7. The van der Waals surface area contributed by atoms with Crippen LogP contribution in [0, 0.1) is 5.92 Å². The molecule has 2 aliphatic rings. The van der Waals surface area contributed by atoms with Crippen molar-refractivity contribution in [3.05, 3.63) is 30.3 Å². The molecule has 1 heterocycles. The highest BCUT2D eigenvalue weighted by molar-refractivity contribution is 5.79. The third kappa shape index (κ3) is 5.72. The predicted molar refractivity (Wildman–Crippen MR) is 117 cm³/mol. The second kappa shape index (κ2) is 10.1. The largest absolute Gasteiger partial charge is 0.373 e. The minimum atomic E-state index is -0.0199. The van der Waals surface area contributed by atoms with Gasteiger partial charge in [-0.05, 0) is 43.9 Å². The van der Waals surface area contributed by atoms with Crippen molar-refractivity contribution >= 4 is 17.5 Å². The van der Waals surface area contributed by atoms with Crippen molar-refractivity contribution in [3.8, 4) is 0 Å². The minimum absolute atomic E-state index is 0.0199. The zero-order valence-corrected chi connectivity index (χ0v) is 18.1. The third-order valence-electron chi connectivity index (χ3n) is 6.42. The number of nitrogens with zero attached hydrogens (tertiary/aromatic N) is 3. The second-order valence-corrected chi connectivity index (χ2v) is 8.66. The minimum Gasteiger partial charge on any atom is -0.373 e. The number of urea groups is 1. The van der Waals surface area contributed by atoms with Gasteiger partial charge in [0, 0.05) is 64.3 Å². The van der Waals surface area contributed by atoms with Crippen LogP contribution in [0.3, 0.4) is 0 Å². The number of carbonyl (C=O) groups is 2. The summed E-state index contributed by atoms with van der Waals surface area (Å²) in [5, 5.41) is 3.23. The monoisotopic (exact) mass is 400 g/mol. The van der Waals surface area contributed by atoms with Crippen LogP contribution >= 0.6 is 0 Å². The number of Topliss-reactive ketones (excluding diaryl/α,β-unsaturated/α-hetero) is 1. The molecule has 29 heavy (non-hydrogen) atoms. The van der Waals surface area contributed by atoms with E-state index in [1.165, 1.54) is 0 Å². The lowest BCUT2D eigenvalue weighted by Gasteiger charge is -2.47. The van der Waals surface area contributed by atoms with Crippen LogP contribution in [0.4, 0.5) is 10.5 Å². The molecule has 0 unspecified atom stereocenters. The highest BCUT2D eigenvalue weighted by Gasteiger charge is 2.39. The molecule has 2 fully saturated rings. The fourth-order valence-corrected chi connectivity index (χ4v) is 4.80. The SMILES string of the molecule is CCCN1C[C@@H](NC(=O)N(C)CCN(C)c2ccccc2)C[C@@H]2CC(=O)CC[C@H]21. The van der Waals surface area contributed by atoms with Crippen LogP contribution in [0.15, 0.2) is 30.3 Å². The van der Waals surface area contributed by atoms with Gasteiger partial charge in [-0.1, -0.05) is 25.1 Å². The van der Waals surface area contributed by atoms with Gasteiger partial charge >= 0.3 is 6.03 Å². The topological polar surface area (TPSA) is 55.9 Å². The van der Waals surface area contributed by atoms with Crippen LogP contribution in [0.5, 0.6) is 0 Å². The molecular formula is C23H36N4O2. The molecule has 1 N–H and O–H groups in total. The van der Waals surface area contributed by atoms with Gasteiger partial charge in [0.25, 0.3) is 0 Å². The number of para-hydroxylation sites is 1. The first-order valence-corrected chi connectivity index (χ1v) is 11.0. The molecule has 0 bridgehead atoms. The smallest absolute Gasteiger partial charge is 0.317 e. The molecule has 1 aliphatic carbocycles. The Balaban J connectivity index is 1.51. The lowest BCUT2D eigenvalue weighted by atomic mass is 9.76. The van der Waals surface area contributed by atoms with Crippen LogP contribution in [-0.2, 0) is 4.79 Å². The van der Waals surface area contributed by atoms with E-state index >= 15 is 0 Å². The molecule has 6 nitrogen and oxygen atoms in total. The number of fused-ring (bicyclic) bond motifs is 1. The Kier molecular flexibility index (Phi) is 7.53. The molecule has 0 spiro atoms. The molecule has 3 atom stereocenters. The lowest BCUT2D eigenvalue weighted by molar-refractivity contribution is -0.124. The van der Waals surface area contributed by atoms with Gasteiger partial charge in [0.2, 0.25) is 0 Å². The maximum Gasteiger partial charge on any atom is 0.317 e. The van der Waals surface area contributed by atoms with E-state index in [4.69, 9.17) is 0 Å². The molecule has 1 aromatic carbocycles. The molecular weight excluding hydrogens is 364 g/mol. The van der Waals surface area contributed by atoms with Gasteiger partial charge < -0.3 is 15.1 Å². The van der Waals surface area contributed by atoms with E-state index in [9.17, 15) is 9.59 Å². The summed E-state index contributed by atoms with van der Waals surface area (Å²) in [6.07, 6.45) is 4.39. The molecule has 6 heteroatoms. The van der Waals surface area contributed by atoms with Crippen molar-refractivity contribution in [3.63, 3.8) is 0 Å². The number of likely N-dealkylation sites (tertiary alicyclic amines) is 1. The first kappa shape index (κ1) is 21.6. The fraction of sp³-hybridized carbons (Fsp3) is 0.652. The third-order valence-corrected chi connectivity index (χ3v) is 6.42. The number of likely N-dealkylation sites (N-methyl/N-ethyl adjacent to an activating group) is 2. The van der Waals surface area contributed by atoms with Gasteiger partial charge in [0.1, 0.15) is 5.78 Å². The molecule has 0 radical (unpaired) electrons. The summed E-state index contributed by atoms with van der Waals surface area (Å²) >= 11 is 0. The van der Waals surface area contributed by atoms with E-state index in [1.54, 1.807) is 4.90 Å². The molecule has 1 aliphatic heterocycles. The maximum atomic E-state index is 12.8. The molecule has 0 aromatic heterocycles. The molecule has 1 saturated carbocycles. The predicted octanol–water partition coefficient (Wildman–Crippen LogP) is 2.99. The van der Waals surface area contributed by atoms with Crippen LogP contribution < -0.4 is 10.2 Å².